The highest BCUT2D eigenvalue weighted by Crippen LogP contribution is 2.24. The zero-order chi connectivity index (χ0) is 53.1. The SMILES string of the molecule is CCCCCCCCCCCCCCCCCCCCCCCCCCCCCCCCCCC(=O)N[C@@H](CO[C@@H]1O[C@H](CO)[C@@H](O)C(O)C1O)[C@H](O)[C@H](O)CCCCCCCCCCCCCCCCCC. The van der Waals surface area contributed by atoms with Gasteiger partial charge in [0, 0.05) is 6.42 Å². The number of ether oxygens (including phenoxy) is 2. The molecule has 1 saturated heterocycles. The lowest BCUT2D eigenvalue weighted by Gasteiger charge is -2.40. The zero-order valence-corrected chi connectivity index (χ0v) is 48.3. The lowest BCUT2D eigenvalue weighted by atomic mass is 9.98. The van der Waals surface area contributed by atoms with Crippen molar-refractivity contribution in [2.45, 2.75) is 384 Å². The van der Waals surface area contributed by atoms with Crippen molar-refractivity contribution in [3.8, 4) is 0 Å². The average Bonchev–Trinajstić information content (AvgIpc) is 3.39. The van der Waals surface area contributed by atoms with E-state index in [1.54, 1.807) is 0 Å². The molecule has 10 heteroatoms. The highest BCUT2D eigenvalue weighted by molar-refractivity contribution is 5.76. The molecule has 436 valence electrons. The largest absolute Gasteiger partial charge is 0.394 e. The Kier molecular flexibility index (Phi) is 51.1. The number of aliphatic hydroxyl groups is 6. The molecule has 0 radical (unpaired) electrons. The van der Waals surface area contributed by atoms with Crippen molar-refractivity contribution in [3.05, 3.63) is 0 Å². The molecule has 7 N–H and O–H groups in total. The van der Waals surface area contributed by atoms with Gasteiger partial charge in [0.1, 0.15) is 30.5 Å². The summed E-state index contributed by atoms with van der Waals surface area (Å²) in [7, 11) is 0. The fourth-order valence-electron chi connectivity index (χ4n) is 10.9. The van der Waals surface area contributed by atoms with Crippen LogP contribution in [0, 0.1) is 0 Å². The van der Waals surface area contributed by atoms with Crippen LogP contribution in [0.1, 0.15) is 335 Å². The van der Waals surface area contributed by atoms with Gasteiger partial charge in [0.05, 0.1) is 25.4 Å². The number of rotatable bonds is 57. The third kappa shape index (κ3) is 41.9. The molecule has 2 unspecified atom stereocenters. The highest BCUT2D eigenvalue weighted by atomic mass is 16.7. The first-order chi connectivity index (χ1) is 35.8. The zero-order valence-electron chi connectivity index (χ0n) is 48.3. The van der Waals surface area contributed by atoms with Crippen molar-refractivity contribution in [3.63, 3.8) is 0 Å². The van der Waals surface area contributed by atoms with Crippen molar-refractivity contribution >= 4 is 5.91 Å². The molecule has 0 spiro atoms. The summed E-state index contributed by atoms with van der Waals surface area (Å²) < 4.78 is 11.2. The Balaban J connectivity index is 2.13. The van der Waals surface area contributed by atoms with Gasteiger partial charge in [-0.15, -0.1) is 0 Å². The summed E-state index contributed by atoms with van der Waals surface area (Å²) in [4.78, 5) is 13.1. The third-order valence-corrected chi connectivity index (χ3v) is 16.1. The lowest BCUT2D eigenvalue weighted by molar-refractivity contribution is -0.303. The number of carbonyl (C=O) groups is 1. The quantitative estimate of drug-likeness (QED) is 0.0293. The van der Waals surface area contributed by atoms with Gasteiger partial charge >= 0.3 is 0 Å². The van der Waals surface area contributed by atoms with E-state index in [0.717, 1.165) is 38.5 Å². The van der Waals surface area contributed by atoms with Crippen LogP contribution in [0.3, 0.4) is 0 Å². The average molecular weight is 1040 g/mol. The molecule has 1 rings (SSSR count). The van der Waals surface area contributed by atoms with Gasteiger partial charge in [-0.25, -0.2) is 0 Å². The predicted octanol–water partition coefficient (Wildman–Crippen LogP) is 15.6. The van der Waals surface area contributed by atoms with E-state index in [1.807, 2.05) is 0 Å². The van der Waals surface area contributed by atoms with E-state index in [-0.39, 0.29) is 18.9 Å². The summed E-state index contributed by atoms with van der Waals surface area (Å²) in [5.74, 6) is -0.248. The molecule has 0 saturated carbocycles. The van der Waals surface area contributed by atoms with Crippen molar-refractivity contribution in [1.82, 2.24) is 5.32 Å². The maximum Gasteiger partial charge on any atom is 0.220 e. The Hall–Kier alpha value is -0.850. The van der Waals surface area contributed by atoms with Crippen LogP contribution in [0.2, 0.25) is 0 Å². The lowest BCUT2D eigenvalue weighted by Crippen LogP contribution is -2.60. The summed E-state index contributed by atoms with van der Waals surface area (Å²) in [6, 6.07) is -0.987. The minimum Gasteiger partial charge on any atom is -0.394 e. The van der Waals surface area contributed by atoms with E-state index in [9.17, 15) is 35.4 Å². The van der Waals surface area contributed by atoms with Gasteiger partial charge in [-0.3, -0.25) is 4.79 Å². The molecule has 1 aliphatic heterocycles. The Morgan fingerprint density at radius 3 is 1.01 bits per heavy atom. The molecule has 1 fully saturated rings. The van der Waals surface area contributed by atoms with Crippen molar-refractivity contribution in [2.75, 3.05) is 13.2 Å². The molecular formula is C63H125NO9. The van der Waals surface area contributed by atoms with Crippen LogP contribution >= 0.6 is 0 Å². The van der Waals surface area contributed by atoms with Gasteiger partial charge in [-0.2, -0.15) is 0 Å². The van der Waals surface area contributed by atoms with Gasteiger partial charge in [0.15, 0.2) is 6.29 Å². The molecule has 0 aliphatic carbocycles. The number of unbranched alkanes of at least 4 members (excludes halogenated alkanes) is 46. The number of carbonyl (C=O) groups excluding carboxylic acids is 1. The molecular weight excluding hydrogens is 915 g/mol. The number of nitrogens with one attached hydrogen (secondary N) is 1. The normalized spacial score (nSPS) is 19.4. The van der Waals surface area contributed by atoms with Crippen LogP contribution in [0.25, 0.3) is 0 Å². The Bertz CT molecular complexity index is 1130. The van der Waals surface area contributed by atoms with E-state index in [0.29, 0.717) is 6.42 Å². The maximum atomic E-state index is 13.1. The Morgan fingerprint density at radius 2 is 0.712 bits per heavy atom. The third-order valence-electron chi connectivity index (χ3n) is 16.1. The summed E-state index contributed by atoms with van der Waals surface area (Å²) in [6.45, 7) is 3.67. The van der Waals surface area contributed by atoms with Gasteiger partial charge in [-0.1, -0.05) is 316 Å². The molecule has 8 atom stereocenters. The minimum absolute atomic E-state index is 0.248. The van der Waals surface area contributed by atoms with Crippen molar-refractivity contribution in [2.24, 2.45) is 0 Å². The van der Waals surface area contributed by atoms with Gasteiger partial charge < -0.3 is 45.4 Å². The minimum atomic E-state index is -1.60. The number of hydrogen-bond acceptors (Lipinski definition) is 9. The molecule has 0 bridgehead atoms. The molecule has 0 aromatic rings. The topological polar surface area (TPSA) is 169 Å². The molecule has 1 heterocycles. The molecule has 1 aliphatic rings. The highest BCUT2D eigenvalue weighted by Gasteiger charge is 2.44. The fraction of sp³-hybridized carbons (Fsp3) is 0.984. The standard InChI is InChI=1S/C63H125NO9/c1-3-5-7-9-11-13-15-17-19-21-22-23-24-25-26-27-28-29-30-31-32-33-34-35-36-38-40-42-44-46-48-50-52-58(67)64-55(54-72-63-62(71)61(70)60(69)57(53-65)73-63)59(68)56(66)51-49-47-45-43-41-39-37-20-18-16-14-12-10-8-6-4-2/h55-57,59-63,65-66,68-71H,3-54H2,1-2H3,(H,64,67)/t55-,56+,57+,59-,60+,61?,62?,63+/m0/s1. The maximum absolute atomic E-state index is 13.1. The number of hydrogen-bond donors (Lipinski definition) is 7. The van der Waals surface area contributed by atoms with Crippen molar-refractivity contribution < 1.29 is 44.9 Å². The Morgan fingerprint density at radius 1 is 0.425 bits per heavy atom. The van der Waals surface area contributed by atoms with Crippen LogP contribution in [0.15, 0.2) is 0 Å². The van der Waals surface area contributed by atoms with E-state index in [4.69, 9.17) is 9.47 Å². The summed E-state index contributed by atoms with van der Waals surface area (Å²) in [5, 5.41) is 65.7. The second kappa shape index (κ2) is 53.2. The summed E-state index contributed by atoms with van der Waals surface area (Å²) >= 11 is 0. The van der Waals surface area contributed by atoms with Gasteiger partial charge in [-0.05, 0) is 12.8 Å². The fourth-order valence-corrected chi connectivity index (χ4v) is 10.9. The van der Waals surface area contributed by atoms with Crippen LogP contribution in [0.4, 0.5) is 0 Å². The van der Waals surface area contributed by atoms with E-state index >= 15 is 0 Å². The van der Waals surface area contributed by atoms with Crippen LogP contribution in [0.5, 0.6) is 0 Å². The molecule has 1 amide bonds. The first-order valence-electron chi connectivity index (χ1n) is 32.3. The Labute approximate surface area is 451 Å². The van der Waals surface area contributed by atoms with Gasteiger partial charge in [0.25, 0.3) is 0 Å². The molecule has 0 aromatic carbocycles. The second-order valence-corrected chi connectivity index (χ2v) is 23.1. The van der Waals surface area contributed by atoms with Crippen molar-refractivity contribution in [1.29, 1.82) is 0 Å². The summed E-state index contributed by atoms with van der Waals surface area (Å²) in [5.41, 5.74) is 0. The van der Waals surface area contributed by atoms with E-state index in [1.165, 1.54) is 270 Å². The molecule has 0 aromatic heterocycles. The van der Waals surface area contributed by atoms with E-state index < -0.39 is 55.6 Å². The first kappa shape index (κ1) is 70.2. The smallest absolute Gasteiger partial charge is 0.220 e. The predicted molar refractivity (Wildman–Crippen MR) is 306 cm³/mol. The number of aliphatic hydroxyl groups excluding tert-OH is 6. The monoisotopic (exact) mass is 1040 g/mol. The van der Waals surface area contributed by atoms with Crippen LogP contribution < -0.4 is 5.32 Å². The van der Waals surface area contributed by atoms with Crippen LogP contribution in [-0.2, 0) is 14.3 Å². The molecule has 73 heavy (non-hydrogen) atoms. The van der Waals surface area contributed by atoms with E-state index in [2.05, 4.69) is 19.2 Å². The first-order valence-corrected chi connectivity index (χ1v) is 32.3. The second-order valence-electron chi connectivity index (χ2n) is 23.1. The van der Waals surface area contributed by atoms with Gasteiger partial charge in [0.2, 0.25) is 5.91 Å². The summed E-state index contributed by atoms with van der Waals surface area (Å²) in [6.07, 6.45) is 54.4. The van der Waals surface area contributed by atoms with Crippen LogP contribution in [-0.4, -0.2) is 98.7 Å². The molecule has 10 nitrogen and oxygen atoms in total. The number of amides is 1.